The topological polar surface area (TPSA) is 33.1 Å². The zero-order valence-electron chi connectivity index (χ0n) is 10.1. The van der Waals surface area contributed by atoms with Crippen molar-refractivity contribution in [3.63, 3.8) is 0 Å². The average molecular weight is 287 g/mol. The van der Waals surface area contributed by atoms with Gasteiger partial charge in [0.1, 0.15) is 0 Å². The molecule has 5 heteroatoms. The zero-order valence-corrected chi connectivity index (χ0v) is 11.7. The second-order valence-electron chi connectivity index (χ2n) is 4.56. The molecule has 1 atom stereocenters. The lowest BCUT2D eigenvalue weighted by Gasteiger charge is -2.31. The minimum absolute atomic E-state index is 0.585. The Balaban J connectivity index is 2.08. The van der Waals surface area contributed by atoms with Crippen LogP contribution in [0.15, 0.2) is 4.47 Å². The van der Waals surface area contributed by atoms with Gasteiger partial charge in [-0.15, -0.1) is 0 Å². The van der Waals surface area contributed by atoms with E-state index < -0.39 is 0 Å². The van der Waals surface area contributed by atoms with E-state index in [2.05, 4.69) is 38.2 Å². The van der Waals surface area contributed by atoms with E-state index in [4.69, 9.17) is 0 Å². The summed E-state index contributed by atoms with van der Waals surface area (Å²) in [7, 11) is 2.01. The fourth-order valence-corrected chi connectivity index (χ4v) is 2.68. The van der Waals surface area contributed by atoms with Crippen molar-refractivity contribution in [2.75, 3.05) is 19.6 Å². The molecule has 2 heterocycles. The highest BCUT2D eigenvalue weighted by Gasteiger charge is 2.19. The van der Waals surface area contributed by atoms with Crippen LogP contribution in [0, 0.1) is 6.92 Å². The second kappa shape index (κ2) is 4.85. The van der Waals surface area contributed by atoms with E-state index in [1.807, 2.05) is 18.7 Å². The molecule has 1 aromatic rings. The van der Waals surface area contributed by atoms with E-state index >= 15 is 0 Å². The third kappa shape index (κ3) is 2.47. The molecule has 1 N–H and O–H groups in total. The second-order valence-corrected chi connectivity index (χ2v) is 5.35. The van der Waals surface area contributed by atoms with Crippen molar-refractivity contribution in [3.05, 3.63) is 15.9 Å². The first kappa shape index (κ1) is 12.1. The fraction of sp³-hybridized carbons (Fsp3) is 0.727. The summed E-state index contributed by atoms with van der Waals surface area (Å²) in [5.74, 6) is 0. The Morgan fingerprint density at radius 2 is 2.31 bits per heavy atom. The number of aryl methyl sites for hydroxylation is 2. The summed E-state index contributed by atoms with van der Waals surface area (Å²) < 4.78 is 3.13. The molecule has 1 aliphatic heterocycles. The number of nitrogens with zero attached hydrogens (tertiary/aromatic N) is 3. The maximum absolute atomic E-state index is 4.42. The lowest BCUT2D eigenvalue weighted by Crippen LogP contribution is -2.48. The average Bonchev–Trinajstić information content (AvgIpc) is 2.45. The van der Waals surface area contributed by atoms with Gasteiger partial charge in [0.2, 0.25) is 0 Å². The first-order chi connectivity index (χ1) is 7.58. The zero-order chi connectivity index (χ0) is 11.7. The largest absolute Gasteiger partial charge is 0.312 e. The normalized spacial score (nSPS) is 22.6. The number of hydrogen-bond acceptors (Lipinski definition) is 3. The van der Waals surface area contributed by atoms with Crippen LogP contribution in [0.3, 0.4) is 0 Å². The highest BCUT2D eigenvalue weighted by Crippen LogP contribution is 2.21. The summed E-state index contributed by atoms with van der Waals surface area (Å²) in [6.07, 6.45) is 0. The molecule has 0 unspecified atom stereocenters. The van der Waals surface area contributed by atoms with Gasteiger partial charge in [-0.05, 0) is 29.8 Å². The predicted molar refractivity (Wildman–Crippen MR) is 68.4 cm³/mol. The van der Waals surface area contributed by atoms with Crippen LogP contribution in [-0.2, 0) is 13.6 Å². The van der Waals surface area contributed by atoms with Gasteiger partial charge in [0.05, 0.1) is 15.9 Å². The summed E-state index contributed by atoms with van der Waals surface area (Å²) in [5.41, 5.74) is 2.34. The molecular formula is C11H19BrN4. The molecule has 0 spiro atoms. The van der Waals surface area contributed by atoms with E-state index in [0.717, 1.165) is 36.3 Å². The maximum Gasteiger partial charge on any atom is 0.0739 e. The number of hydrogen-bond donors (Lipinski definition) is 1. The van der Waals surface area contributed by atoms with Gasteiger partial charge in [-0.3, -0.25) is 9.58 Å². The van der Waals surface area contributed by atoms with Gasteiger partial charge in [-0.2, -0.15) is 5.10 Å². The molecule has 4 nitrogen and oxygen atoms in total. The van der Waals surface area contributed by atoms with Gasteiger partial charge in [-0.1, -0.05) is 0 Å². The minimum atomic E-state index is 0.585. The lowest BCUT2D eigenvalue weighted by molar-refractivity contribution is 0.195. The predicted octanol–water partition coefficient (Wildman–Crippen LogP) is 1.28. The van der Waals surface area contributed by atoms with Crippen LogP contribution in [0.1, 0.15) is 18.3 Å². The summed E-state index contributed by atoms with van der Waals surface area (Å²) in [4.78, 5) is 2.47. The number of piperazine rings is 1. The van der Waals surface area contributed by atoms with Crippen LogP contribution in [0.4, 0.5) is 0 Å². The molecule has 0 bridgehead atoms. The van der Waals surface area contributed by atoms with Crippen molar-refractivity contribution < 1.29 is 0 Å². The van der Waals surface area contributed by atoms with Crippen molar-refractivity contribution >= 4 is 15.9 Å². The van der Waals surface area contributed by atoms with Gasteiger partial charge < -0.3 is 5.32 Å². The van der Waals surface area contributed by atoms with Crippen LogP contribution in [0.25, 0.3) is 0 Å². The number of halogens is 1. The Kier molecular flexibility index (Phi) is 3.66. The van der Waals surface area contributed by atoms with Crippen LogP contribution < -0.4 is 5.32 Å². The smallest absolute Gasteiger partial charge is 0.0739 e. The van der Waals surface area contributed by atoms with Crippen molar-refractivity contribution in [1.29, 1.82) is 0 Å². The Bertz CT molecular complexity index is 374. The molecule has 0 aliphatic carbocycles. The Morgan fingerprint density at radius 3 is 2.88 bits per heavy atom. The third-order valence-electron chi connectivity index (χ3n) is 3.09. The monoisotopic (exact) mass is 286 g/mol. The molecule has 16 heavy (non-hydrogen) atoms. The Hall–Kier alpha value is -0.390. The highest BCUT2D eigenvalue weighted by atomic mass is 79.9. The molecule has 1 aromatic heterocycles. The van der Waals surface area contributed by atoms with Crippen LogP contribution in [0.2, 0.25) is 0 Å². The van der Waals surface area contributed by atoms with Crippen molar-refractivity contribution in [2.45, 2.75) is 26.4 Å². The molecule has 0 saturated carbocycles. The Morgan fingerprint density at radius 1 is 1.56 bits per heavy atom. The quantitative estimate of drug-likeness (QED) is 0.889. The standard InChI is InChI=1S/C11H19BrN4/c1-8-6-16(5-4-13-8)7-10-11(12)9(2)14-15(10)3/h8,13H,4-7H2,1-3H3/t8-/m0/s1. The van der Waals surface area contributed by atoms with Crippen molar-refractivity contribution in [3.8, 4) is 0 Å². The molecule has 0 aromatic carbocycles. The van der Waals surface area contributed by atoms with Crippen LogP contribution in [-0.4, -0.2) is 40.4 Å². The van der Waals surface area contributed by atoms with Crippen LogP contribution >= 0.6 is 15.9 Å². The summed E-state index contributed by atoms with van der Waals surface area (Å²) in [6.45, 7) is 8.54. The van der Waals surface area contributed by atoms with E-state index in [0.29, 0.717) is 6.04 Å². The molecule has 0 amide bonds. The van der Waals surface area contributed by atoms with Gasteiger partial charge in [0.15, 0.2) is 0 Å². The third-order valence-corrected chi connectivity index (χ3v) is 4.12. The SMILES string of the molecule is Cc1nn(C)c(CN2CCN[C@@H](C)C2)c1Br. The molecule has 0 radical (unpaired) electrons. The number of aromatic nitrogens is 2. The van der Waals surface area contributed by atoms with E-state index in [9.17, 15) is 0 Å². The number of rotatable bonds is 2. The van der Waals surface area contributed by atoms with Gasteiger partial charge in [-0.25, -0.2) is 0 Å². The molecule has 1 aliphatic rings. The molecule has 90 valence electrons. The summed E-state index contributed by atoms with van der Waals surface area (Å²) in [5, 5.41) is 7.88. The maximum atomic E-state index is 4.42. The van der Waals surface area contributed by atoms with E-state index in [-0.39, 0.29) is 0 Å². The molecule has 1 fully saturated rings. The Labute approximate surface area is 105 Å². The first-order valence-electron chi connectivity index (χ1n) is 5.71. The number of nitrogens with one attached hydrogen (secondary N) is 1. The minimum Gasteiger partial charge on any atom is -0.312 e. The summed E-state index contributed by atoms with van der Waals surface area (Å²) >= 11 is 3.62. The fourth-order valence-electron chi connectivity index (χ4n) is 2.22. The van der Waals surface area contributed by atoms with Gasteiger partial charge in [0.25, 0.3) is 0 Å². The van der Waals surface area contributed by atoms with Crippen molar-refractivity contribution in [2.24, 2.45) is 7.05 Å². The first-order valence-corrected chi connectivity index (χ1v) is 6.51. The molecular weight excluding hydrogens is 268 g/mol. The molecule has 1 saturated heterocycles. The van der Waals surface area contributed by atoms with Crippen LogP contribution in [0.5, 0.6) is 0 Å². The van der Waals surface area contributed by atoms with Gasteiger partial charge in [0, 0.05) is 39.3 Å². The van der Waals surface area contributed by atoms with Gasteiger partial charge >= 0.3 is 0 Å². The van der Waals surface area contributed by atoms with E-state index in [1.165, 1.54) is 5.69 Å². The van der Waals surface area contributed by atoms with E-state index in [1.54, 1.807) is 0 Å². The van der Waals surface area contributed by atoms with Crippen molar-refractivity contribution in [1.82, 2.24) is 20.0 Å². The molecule has 2 rings (SSSR count). The lowest BCUT2D eigenvalue weighted by atomic mass is 10.2. The summed E-state index contributed by atoms with van der Waals surface area (Å²) in [6, 6.07) is 0.585. The highest BCUT2D eigenvalue weighted by molar-refractivity contribution is 9.10.